The third-order valence-electron chi connectivity index (χ3n) is 2.61. The summed E-state index contributed by atoms with van der Waals surface area (Å²) in [5.41, 5.74) is 0.146. The molecule has 0 aliphatic heterocycles. The van der Waals surface area contributed by atoms with E-state index in [4.69, 9.17) is 11.6 Å². The predicted molar refractivity (Wildman–Crippen MR) is 73.6 cm³/mol. The number of hydrogen-bond acceptors (Lipinski definition) is 3. The Bertz CT molecular complexity index is 465. The van der Waals surface area contributed by atoms with Crippen LogP contribution in [0.5, 0.6) is 5.75 Å². The molecule has 0 spiro atoms. The van der Waals surface area contributed by atoms with Crippen LogP contribution in [0.4, 0.5) is 0 Å². The molecule has 6 heteroatoms. The Kier molecular flexibility index (Phi) is 5.62. The Balaban J connectivity index is 2.55. The van der Waals surface area contributed by atoms with E-state index in [0.29, 0.717) is 18.0 Å². The molecule has 4 nitrogen and oxygen atoms in total. The highest BCUT2D eigenvalue weighted by Gasteiger charge is 2.12. The molecule has 1 aromatic rings. The number of phenolic OH excluding ortho intramolecular Hbond substituents is 1. The molecule has 2 N–H and O–H groups in total. The minimum absolute atomic E-state index is 0.0262. The van der Waals surface area contributed by atoms with Crippen molar-refractivity contribution < 1.29 is 14.1 Å². The number of benzene rings is 1. The average molecular weight is 290 g/mol. The van der Waals surface area contributed by atoms with E-state index in [1.165, 1.54) is 18.2 Å². The van der Waals surface area contributed by atoms with Gasteiger partial charge in [-0.3, -0.25) is 9.00 Å². The summed E-state index contributed by atoms with van der Waals surface area (Å²) < 4.78 is 11.1. The van der Waals surface area contributed by atoms with Crippen molar-refractivity contribution in [1.82, 2.24) is 5.32 Å². The van der Waals surface area contributed by atoms with Crippen LogP contribution in [-0.2, 0) is 10.8 Å². The van der Waals surface area contributed by atoms with Crippen LogP contribution in [0.25, 0.3) is 0 Å². The molecule has 0 fully saturated rings. The first kappa shape index (κ1) is 15.0. The van der Waals surface area contributed by atoms with Gasteiger partial charge >= 0.3 is 0 Å². The van der Waals surface area contributed by atoms with Crippen molar-refractivity contribution in [2.24, 2.45) is 0 Å². The normalized spacial score (nSPS) is 13.9. The molecule has 18 heavy (non-hydrogen) atoms. The highest BCUT2D eigenvalue weighted by molar-refractivity contribution is 7.84. The lowest BCUT2D eigenvalue weighted by Crippen LogP contribution is -2.27. The number of carbonyl (C=O) groups excluding carboxylic acids is 1. The topological polar surface area (TPSA) is 66.4 Å². The third-order valence-corrected chi connectivity index (χ3v) is 4.21. The van der Waals surface area contributed by atoms with Gasteiger partial charge in [-0.1, -0.05) is 18.5 Å². The van der Waals surface area contributed by atoms with Gasteiger partial charge < -0.3 is 10.4 Å². The lowest BCUT2D eigenvalue weighted by molar-refractivity contribution is 0.0950. The fraction of sp³-hybridized carbons (Fsp3) is 0.417. The van der Waals surface area contributed by atoms with Gasteiger partial charge in [-0.2, -0.15) is 0 Å². The zero-order valence-corrected chi connectivity index (χ0v) is 11.8. The molecule has 1 rings (SSSR count). The van der Waals surface area contributed by atoms with Gasteiger partial charge in [0.1, 0.15) is 5.75 Å². The van der Waals surface area contributed by atoms with Crippen LogP contribution in [0.15, 0.2) is 18.2 Å². The largest absolute Gasteiger partial charge is 0.507 e. The zero-order valence-electron chi connectivity index (χ0n) is 10.3. The van der Waals surface area contributed by atoms with Gasteiger partial charge in [-0.15, -0.1) is 0 Å². The van der Waals surface area contributed by atoms with Gasteiger partial charge in [0.05, 0.1) is 5.56 Å². The molecule has 2 unspecified atom stereocenters. The molecule has 0 saturated carbocycles. The fourth-order valence-corrected chi connectivity index (χ4v) is 1.96. The van der Waals surface area contributed by atoms with Crippen molar-refractivity contribution in [1.29, 1.82) is 0 Å². The molecular formula is C12H16ClNO3S. The minimum Gasteiger partial charge on any atom is -0.507 e. The summed E-state index contributed by atoms with van der Waals surface area (Å²) in [5.74, 6) is -0.492. The molecule has 0 heterocycles. The van der Waals surface area contributed by atoms with Crippen molar-refractivity contribution in [3.63, 3.8) is 0 Å². The summed E-state index contributed by atoms with van der Waals surface area (Å²) in [5, 5.41) is 12.6. The third kappa shape index (κ3) is 4.31. The van der Waals surface area contributed by atoms with Crippen LogP contribution in [0.1, 0.15) is 23.7 Å². The van der Waals surface area contributed by atoms with Gasteiger partial charge in [0.15, 0.2) is 0 Å². The van der Waals surface area contributed by atoms with Gasteiger partial charge in [-0.25, -0.2) is 0 Å². The summed E-state index contributed by atoms with van der Waals surface area (Å²) in [7, 11) is -0.899. The van der Waals surface area contributed by atoms with Gasteiger partial charge in [0.25, 0.3) is 5.91 Å². The SMILES string of the molecule is CC(CCNC(=O)c1cc(Cl)ccc1O)S(C)=O. The summed E-state index contributed by atoms with van der Waals surface area (Å²) in [6.45, 7) is 2.27. The van der Waals surface area contributed by atoms with E-state index in [1.54, 1.807) is 6.26 Å². The van der Waals surface area contributed by atoms with E-state index in [9.17, 15) is 14.1 Å². The second-order valence-corrected chi connectivity index (χ2v) is 6.25. The Morgan fingerprint density at radius 2 is 2.22 bits per heavy atom. The summed E-state index contributed by atoms with van der Waals surface area (Å²) in [4.78, 5) is 11.8. The fourth-order valence-electron chi connectivity index (χ4n) is 1.34. The highest BCUT2D eigenvalue weighted by Crippen LogP contribution is 2.21. The van der Waals surface area contributed by atoms with Gasteiger partial charge in [-0.05, 0) is 24.6 Å². The van der Waals surface area contributed by atoms with Crippen molar-refractivity contribution in [2.75, 3.05) is 12.8 Å². The molecule has 1 aromatic carbocycles. The Labute approximate surface area is 114 Å². The molecule has 0 radical (unpaired) electrons. The first-order valence-corrected chi connectivity index (χ1v) is 7.50. The predicted octanol–water partition coefficient (Wildman–Crippen LogP) is 1.93. The Morgan fingerprint density at radius 3 is 2.83 bits per heavy atom. The second kappa shape index (κ2) is 6.75. The van der Waals surface area contributed by atoms with Gasteiger partial charge in [0.2, 0.25) is 0 Å². The van der Waals surface area contributed by atoms with E-state index in [-0.39, 0.29) is 22.5 Å². The Hall–Kier alpha value is -1.07. The zero-order chi connectivity index (χ0) is 13.7. The first-order chi connectivity index (χ1) is 8.41. The van der Waals surface area contributed by atoms with Crippen LogP contribution in [-0.4, -0.2) is 33.3 Å². The number of carbonyl (C=O) groups is 1. The van der Waals surface area contributed by atoms with Crippen LogP contribution in [0.2, 0.25) is 5.02 Å². The lowest BCUT2D eigenvalue weighted by Gasteiger charge is -2.10. The molecule has 0 aliphatic rings. The van der Waals surface area contributed by atoms with Crippen LogP contribution in [0.3, 0.4) is 0 Å². The molecule has 100 valence electrons. The molecule has 0 aromatic heterocycles. The monoisotopic (exact) mass is 289 g/mol. The number of hydrogen-bond donors (Lipinski definition) is 2. The van der Waals surface area contributed by atoms with E-state index in [1.807, 2.05) is 6.92 Å². The Morgan fingerprint density at radius 1 is 1.56 bits per heavy atom. The van der Waals surface area contributed by atoms with Crippen molar-refractivity contribution in [3.05, 3.63) is 28.8 Å². The number of phenols is 1. The molecule has 2 atom stereocenters. The number of rotatable bonds is 5. The van der Waals surface area contributed by atoms with E-state index >= 15 is 0 Å². The van der Waals surface area contributed by atoms with Crippen molar-refractivity contribution in [2.45, 2.75) is 18.6 Å². The number of halogens is 1. The number of nitrogens with one attached hydrogen (secondary N) is 1. The smallest absolute Gasteiger partial charge is 0.255 e. The average Bonchev–Trinajstić information content (AvgIpc) is 2.31. The first-order valence-electron chi connectivity index (χ1n) is 5.50. The van der Waals surface area contributed by atoms with Crippen LogP contribution < -0.4 is 5.32 Å². The summed E-state index contributed by atoms with van der Waals surface area (Å²) >= 11 is 5.76. The van der Waals surface area contributed by atoms with Crippen LogP contribution >= 0.6 is 11.6 Å². The van der Waals surface area contributed by atoms with E-state index in [0.717, 1.165) is 0 Å². The van der Waals surface area contributed by atoms with Crippen molar-refractivity contribution in [3.8, 4) is 5.75 Å². The molecule has 1 amide bonds. The molecule has 0 bridgehead atoms. The molecule has 0 saturated heterocycles. The van der Waals surface area contributed by atoms with Crippen LogP contribution in [0, 0.1) is 0 Å². The summed E-state index contributed by atoms with van der Waals surface area (Å²) in [6, 6.07) is 4.30. The summed E-state index contributed by atoms with van der Waals surface area (Å²) in [6.07, 6.45) is 2.26. The van der Waals surface area contributed by atoms with E-state index < -0.39 is 10.8 Å². The number of amides is 1. The maximum Gasteiger partial charge on any atom is 0.255 e. The quantitative estimate of drug-likeness (QED) is 0.870. The standard InChI is InChI=1S/C12H16ClNO3S/c1-8(18(2)17)5-6-14-12(16)10-7-9(13)3-4-11(10)15/h3-4,7-8,15H,5-6H2,1-2H3,(H,14,16). The van der Waals surface area contributed by atoms with Crippen molar-refractivity contribution >= 4 is 28.3 Å². The highest BCUT2D eigenvalue weighted by atomic mass is 35.5. The maximum atomic E-state index is 11.8. The maximum absolute atomic E-state index is 11.8. The minimum atomic E-state index is -0.899. The van der Waals surface area contributed by atoms with Gasteiger partial charge in [0, 0.05) is 33.9 Å². The second-order valence-electron chi connectivity index (χ2n) is 4.02. The van der Waals surface area contributed by atoms with E-state index in [2.05, 4.69) is 5.32 Å². The number of aromatic hydroxyl groups is 1. The lowest BCUT2D eigenvalue weighted by atomic mass is 10.2. The molecule has 0 aliphatic carbocycles. The molecular weight excluding hydrogens is 274 g/mol.